The van der Waals surface area contributed by atoms with E-state index in [-0.39, 0.29) is 80.2 Å². The molecule has 2 heterocycles. The van der Waals surface area contributed by atoms with Gasteiger partial charge >= 0.3 is 6.61 Å². The maximum absolute atomic E-state index is 15.0. The molecule has 2 fully saturated rings. The highest BCUT2D eigenvalue weighted by Gasteiger charge is 2.40. The van der Waals surface area contributed by atoms with Gasteiger partial charge in [0, 0.05) is 41.2 Å². The largest absolute Gasteiger partial charge is 0.618 e. The van der Waals surface area contributed by atoms with Crippen molar-refractivity contribution in [1.82, 2.24) is 0 Å². The number of benzene rings is 4. The number of alkyl halides is 4. The van der Waals surface area contributed by atoms with Crippen molar-refractivity contribution < 1.29 is 64.8 Å². The maximum Gasteiger partial charge on any atom is 0.387 e. The van der Waals surface area contributed by atoms with E-state index < -0.39 is 58.9 Å². The summed E-state index contributed by atoms with van der Waals surface area (Å²) >= 11 is 11.7. The predicted molar refractivity (Wildman–Crippen MR) is 266 cm³/mol. The van der Waals surface area contributed by atoms with Crippen LogP contribution in [0.25, 0.3) is 28.0 Å². The van der Waals surface area contributed by atoms with Gasteiger partial charge in [-0.25, -0.2) is 17.6 Å². The monoisotopic (exact) mass is 1060 g/mol. The summed E-state index contributed by atoms with van der Waals surface area (Å²) in [5, 5.41) is 35.2. The van der Waals surface area contributed by atoms with Crippen LogP contribution in [0.4, 0.5) is 26.3 Å². The number of aliphatic hydroxyl groups is 1. The van der Waals surface area contributed by atoms with E-state index in [9.17, 15) is 51.9 Å². The fourth-order valence-corrected chi connectivity index (χ4v) is 9.26. The topological polar surface area (TPSA) is 144 Å². The van der Waals surface area contributed by atoms with Gasteiger partial charge in [0.25, 0.3) is 6.43 Å². The molecule has 2 aliphatic carbocycles. The number of methoxy groups -OCH3 is 1. The molecule has 2 aromatic heterocycles. The maximum atomic E-state index is 15.0. The summed E-state index contributed by atoms with van der Waals surface area (Å²) in [5.41, 5.74) is 1.10. The van der Waals surface area contributed by atoms with E-state index in [1.807, 2.05) is 0 Å². The molecule has 0 saturated heterocycles. The SMILES string of the molecule is C=C(O)c1ccc(CC(=O)C(CC2CC2)c2cc(OC)c(-c3c(OC(F)F)ccc(Cl)c3F)c[n+]2[O-])cc1.CC(=O)c1ccc(CC(=O)C(CC2CC2C)c2ccc(-c3c(C(F)F)ccc(Cl)c3F)c[n+]2[O-])cc1. The third-order valence-electron chi connectivity index (χ3n) is 13.4. The second kappa shape index (κ2) is 23.5. The summed E-state index contributed by atoms with van der Waals surface area (Å²) in [4.78, 5) is 38.3. The number of halogens is 8. The van der Waals surface area contributed by atoms with E-state index in [2.05, 4.69) is 18.2 Å². The van der Waals surface area contributed by atoms with E-state index >= 15 is 4.39 Å². The van der Waals surface area contributed by atoms with Gasteiger partial charge in [0.05, 0.1) is 39.9 Å². The first-order valence-corrected chi connectivity index (χ1v) is 24.3. The number of aromatic nitrogens is 2. The van der Waals surface area contributed by atoms with Gasteiger partial charge in [0.2, 0.25) is 11.4 Å². The quantitative estimate of drug-likeness (QED) is 0.0262. The first-order chi connectivity index (χ1) is 35.1. The first-order valence-electron chi connectivity index (χ1n) is 23.5. The second-order valence-electron chi connectivity index (χ2n) is 18.6. The molecular formula is C56H50Cl2F6N2O8. The molecule has 4 unspecified atom stereocenters. The number of hydrogen-bond donors (Lipinski definition) is 1. The summed E-state index contributed by atoms with van der Waals surface area (Å²) in [6, 6.07) is 21.8. The fraction of sp³-hybridized carbons (Fsp3) is 0.304. The highest BCUT2D eigenvalue weighted by Crippen LogP contribution is 2.46. The number of ether oxygens (including phenoxy) is 2. The first kappa shape index (κ1) is 54.9. The molecule has 8 rings (SSSR count). The lowest BCUT2D eigenvalue weighted by Gasteiger charge is -2.19. The summed E-state index contributed by atoms with van der Waals surface area (Å²) < 4.78 is 93.6. The molecule has 388 valence electrons. The Hall–Kier alpha value is -6.91. The van der Waals surface area contributed by atoms with E-state index in [0.717, 1.165) is 61.5 Å². The number of nitrogens with zero attached hydrogens (tertiary/aromatic N) is 2. The van der Waals surface area contributed by atoms with Crippen LogP contribution in [0.1, 0.15) is 108 Å². The number of aliphatic hydroxyl groups excluding tert-OH is 1. The molecular weight excluding hydrogens is 1010 g/mol. The zero-order valence-electron chi connectivity index (χ0n) is 40.2. The van der Waals surface area contributed by atoms with Gasteiger partial charge in [-0.3, -0.25) is 14.4 Å². The summed E-state index contributed by atoms with van der Waals surface area (Å²) in [5.74, 6) is -3.62. The molecule has 74 heavy (non-hydrogen) atoms. The molecule has 0 amide bonds. The third kappa shape index (κ3) is 13.1. The van der Waals surface area contributed by atoms with Crippen molar-refractivity contribution in [3.05, 3.63) is 181 Å². The molecule has 4 atom stereocenters. The minimum atomic E-state index is -3.25. The Morgan fingerprint density at radius 1 is 0.743 bits per heavy atom. The molecule has 0 aliphatic heterocycles. The second-order valence-corrected chi connectivity index (χ2v) is 19.4. The number of hydrogen-bond acceptors (Lipinski definition) is 8. The van der Waals surface area contributed by atoms with E-state index in [0.29, 0.717) is 50.8 Å². The molecule has 6 aromatic rings. The Labute approximate surface area is 433 Å². The van der Waals surface area contributed by atoms with Crippen LogP contribution in [0.15, 0.2) is 110 Å². The lowest BCUT2D eigenvalue weighted by Crippen LogP contribution is -2.36. The summed E-state index contributed by atoms with van der Waals surface area (Å²) in [6.45, 7) is 3.76. The average Bonchev–Trinajstić information content (AvgIpc) is 4.30. The normalized spacial score (nSPS) is 15.7. The van der Waals surface area contributed by atoms with Gasteiger partial charge in [0.1, 0.15) is 34.9 Å². The van der Waals surface area contributed by atoms with Crippen molar-refractivity contribution in [2.75, 3.05) is 7.11 Å². The lowest BCUT2D eigenvalue weighted by atomic mass is 9.88. The number of rotatable bonds is 20. The zero-order chi connectivity index (χ0) is 53.7. The van der Waals surface area contributed by atoms with E-state index in [1.54, 1.807) is 48.5 Å². The fourth-order valence-electron chi connectivity index (χ4n) is 8.94. The van der Waals surface area contributed by atoms with Crippen LogP contribution < -0.4 is 18.9 Å². The van der Waals surface area contributed by atoms with Crippen molar-refractivity contribution in [2.24, 2.45) is 17.8 Å². The highest BCUT2D eigenvalue weighted by atomic mass is 35.5. The van der Waals surface area contributed by atoms with Crippen molar-refractivity contribution in [1.29, 1.82) is 0 Å². The number of Topliss-reactive ketones (excluding diaryl/α,β-unsaturated/α-hetero) is 3. The molecule has 4 aromatic carbocycles. The van der Waals surface area contributed by atoms with Crippen LogP contribution in [0.5, 0.6) is 11.5 Å². The van der Waals surface area contributed by atoms with Gasteiger partial charge in [-0.2, -0.15) is 18.2 Å². The van der Waals surface area contributed by atoms with Gasteiger partial charge < -0.3 is 25.0 Å². The Morgan fingerprint density at radius 2 is 1.28 bits per heavy atom. The molecule has 0 radical (unpaired) electrons. The van der Waals surface area contributed by atoms with Gasteiger partial charge in [0.15, 0.2) is 35.6 Å². The summed E-state index contributed by atoms with van der Waals surface area (Å²) in [7, 11) is 1.28. The van der Waals surface area contributed by atoms with Crippen molar-refractivity contribution in [2.45, 2.75) is 83.7 Å². The Bertz CT molecular complexity index is 3080. The van der Waals surface area contributed by atoms with Crippen LogP contribution in [-0.4, -0.2) is 36.2 Å². The molecule has 2 aliphatic rings. The molecule has 1 N–H and O–H groups in total. The van der Waals surface area contributed by atoms with Gasteiger partial charge in [-0.15, -0.1) is 0 Å². The molecule has 10 nitrogen and oxygen atoms in total. The number of carbonyl (C=O) groups excluding carboxylic acids is 3. The van der Waals surface area contributed by atoms with Crippen LogP contribution in [0.2, 0.25) is 10.0 Å². The van der Waals surface area contributed by atoms with Crippen molar-refractivity contribution in [3.8, 4) is 33.8 Å². The lowest BCUT2D eigenvalue weighted by molar-refractivity contribution is -0.614. The van der Waals surface area contributed by atoms with Crippen LogP contribution in [0, 0.1) is 39.8 Å². The molecule has 18 heteroatoms. The van der Waals surface area contributed by atoms with Crippen molar-refractivity contribution in [3.63, 3.8) is 0 Å². The Morgan fingerprint density at radius 3 is 1.78 bits per heavy atom. The Kier molecular flexibility index (Phi) is 17.4. The zero-order valence-corrected chi connectivity index (χ0v) is 41.7. The minimum absolute atomic E-state index is 0.00760. The number of ketones is 3. The van der Waals surface area contributed by atoms with Gasteiger partial charge in [-0.1, -0.05) is 104 Å². The van der Waals surface area contributed by atoms with Gasteiger partial charge in [-0.05, 0) is 79.3 Å². The standard InChI is InChI=1S/C28H25ClF3NO5.C28H25ClF3NO3/c1-15(34)18-7-5-17(6-8-18)12-23(35)19(11-16-3-4-16)22-13-25(37-2)20(14-33(22)36)26-24(38-28(31)32)10-9-21(29)27(26)30;1-15-11-20(15)13-22(25(35)12-17-3-5-18(6-4-17)16(2)34)24-10-7-19(14-33(24)36)26-21(28(31)32)8-9-23(29)27(26)30/h5-10,13-14,16,19,28,34H,1,3-4,11-12H2,2H3;3-10,14-15,20,22,28H,11-13H2,1-2H3. The molecule has 2 saturated carbocycles. The summed E-state index contributed by atoms with van der Waals surface area (Å²) in [6.07, 6.45) is 2.91. The van der Waals surface area contributed by atoms with E-state index in [4.69, 9.17) is 27.9 Å². The number of pyridine rings is 2. The smallest absolute Gasteiger partial charge is 0.387 e. The average molecular weight is 1060 g/mol. The van der Waals surface area contributed by atoms with Crippen LogP contribution >= 0.6 is 23.2 Å². The molecule has 0 spiro atoms. The molecule has 0 bridgehead atoms. The highest BCUT2D eigenvalue weighted by molar-refractivity contribution is 6.31. The third-order valence-corrected chi connectivity index (χ3v) is 14.0. The van der Waals surface area contributed by atoms with Crippen LogP contribution in [0.3, 0.4) is 0 Å². The predicted octanol–water partition coefficient (Wildman–Crippen LogP) is 13.5. The van der Waals surface area contributed by atoms with E-state index in [1.165, 1.54) is 32.2 Å². The van der Waals surface area contributed by atoms with Crippen molar-refractivity contribution >= 4 is 46.3 Å². The van der Waals surface area contributed by atoms with Crippen LogP contribution in [-0.2, 0) is 22.4 Å². The number of carbonyl (C=O) groups is 3. The minimum Gasteiger partial charge on any atom is -0.618 e. The Balaban J connectivity index is 0.000000217.